The maximum Gasteiger partial charge on any atom is 0.126 e. The minimum Gasteiger partial charge on any atom is -0.392 e. The highest BCUT2D eigenvalue weighted by molar-refractivity contribution is 5.18. The Balaban J connectivity index is 2.62. The Bertz CT molecular complexity index is 318. The van der Waals surface area contributed by atoms with E-state index in [0.717, 1.165) is 25.7 Å². The lowest BCUT2D eigenvalue weighted by molar-refractivity contribution is 0.0955. The quantitative estimate of drug-likeness (QED) is 0.762. The van der Waals surface area contributed by atoms with Gasteiger partial charge in [0.05, 0.1) is 6.10 Å². The van der Waals surface area contributed by atoms with Crippen LogP contribution in [0.4, 0.5) is 4.39 Å². The van der Waals surface area contributed by atoms with Gasteiger partial charge in [-0.15, -0.1) is 0 Å². The van der Waals surface area contributed by atoms with E-state index in [1.165, 1.54) is 6.07 Å². The molecule has 1 nitrogen and oxygen atoms in total. The fourth-order valence-electron chi connectivity index (χ4n) is 2.33. The van der Waals surface area contributed by atoms with E-state index >= 15 is 0 Å². The minimum atomic E-state index is -0.424. The zero-order valence-corrected chi connectivity index (χ0v) is 10.8. The molecule has 1 atom stereocenters. The Hall–Kier alpha value is -0.890. The van der Waals surface area contributed by atoms with Gasteiger partial charge in [0.25, 0.3) is 0 Å². The Morgan fingerprint density at radius 2 is 1.71 bits per heavy atom. The number of halogens is 1. The third-order valence-corrected chi connectivity index (χ3v) is 3.25. The van der Waals surface area contributed by atoms with E-state index in [2.05, 4.69) is 13.8 Å². The molecule has 0 aliphatic carbocycles. The fourth-order valence-corrected chi connectivity index (χ4v) is 2.33. The molecule has 0 amide bonds. The highest BCUT2D eigenvalue weighted by Crippen LogP contribution is 2.21. The summed E-state index contributed by atoms with van der Waals surface area (Å²) >= 11 is 0. The molecule has 0 fully saturated rings. The lowest BCUT2D eigenvalue weighted by atomic mass is 9.89. The van der Waals surface area contributed by atoms with Crippen LogP contribution in [0.15, 0.2) is 24.3 Å². The summed E-state index contributed by atoms with van der Waals surface area (Å²) in [7, 11) is 0. The van der Waals surface area contributed by atoms with Crippen LogP contribution in [0.5, 0.6) is 0 Å². The Morgan fingerprint density at radius 1 is 1.12 bits per heavy atom. The number of rotatable bonds is 7. The molecule has 0 heterocycles. The molecular weight excluding hydrogens is 215 g/mol. The van der Waals surface area contributed by atoms with E-state index in [0.29, 0.717) is 17.9 Å². The lowest BCUT2D eigenvalue weighted by Gasteiger charge is -2.22. The molecule has 1 aromatic rings. The van der Waals surface area contributed by atoms with E-state index in [-0.39, 0.29) is 5.82 Å². The summed E-state index contributed by atoms with van der Waals surface area (Å²) < 4.78 is 13.5. The first-order valence-corrected chi connectivity index (χ1v) is 6.60. The average Bonchev–Trinajstić information content (AvgIpc) is 2.32. The van der Waals surface area contributed by atoms with Gasteiger partial charge in [0.2, 0.25) is 0 Å². The predicted octanol–water partition coefficient (Wildman–Crippen LogP) is 3.95. The standard InChI is InChI=1S/C15H23FO/c1-3-7-12(8-4-2)15(17)11-13-9-5-6-10-14(13)16/h5-6,9-10,12,15,17H,3-4,7-8,11H2,1-2H3. The van der Waals surface area contributed by atoms with E-state index in [4.69, 9.17) is 0 Å². The monoisotopic (exact) mass is 238 g/mol. The second-order valence-electron chi connectivity index (χ2n) is 4.70. The number of hydrogen-bond donors (Lipinski definition) is 1. The molecule has 0 spiro atoms. The second kappa shape index (κ2) is 7.44. The molecular formula is C15H23FO. The highest BCUT2D eigenvalue weighted by atomic mass is 19.1. The van der Waals surface area contributed by atoms with Crippen LogP contribution in [0.3, 0.4) is 0 Å². The first kappa shape index (κ1) is 14.2. The van der Waals surface area contributed by atoms with Crippen LogP contribution in [-0.4, -0.2) is 11.2 Å². The Labute approximate surface area is 104 Å². The molecule has 1 N–H and O–H groups in total. The summed E-state index contributed by atoms with van der Waals surface area (Å²) in [5, 5.41) is 10.2. The van der Waals surface area contributed by atoms with Crippen molar-refractivity contribution in [2.75, 3.05) is 0 Å². The van der Waals surface area contributed by atoms with Crippen LogP contribution >= 0.6 is 0 Å². The molecule has 0 saturated carbocycles. The van der Waals surface area contributed by atoms with E-state index in [1.54, 1.807) is 12.1 Å². The molecule has 1 rings (SSSR count). The maximum atomic E-state index is 13.5. The van der Waals surface area contributed by atoms with Crippen LogP contribution in [0, 0.1) is 11.7 Å². The van der Waals surface area contributed by atoms with Crippen molar-refractivity contribution in [2.45, 2.75) is 52.1 Å². The molecule has 2 heteroatoms. The van der Waals surface area contributed by atoms with Gasteiger partial charge in [0, 0.05) is 6.42 Å². The Morgan fingerprint density at radius 3 is 2.24 bits per heavy atom. The number of hydrogen-bond acceptors (Lipinski definition) is 1. The van der Waals surface area contributed by atoms with Crippen molar-refractivity contribution in [3.63, 3.8) is 0 Å². The summed E-state index contributed by atoms with van der Waals surface area (Å²) in [6.07, 6.45) is 4.18. The molecule has 1 unspecified atom stereocenters. The van der Waals surface area contributed by atoms with Gasteiger partial charge in [0.15, 0.2) is 0 Å². The van der Waals surface area contributed by atoms with Crippen molar-refractivity contribution < 1.29 is 9.50 Å². The summed E-state index contributed by atoms with van der Waals surface area (Å²) in [5.41, 5.74) is 0.622. The van der Waals surface area contributed by atoms with Crippen molar-refractivity contribution in [3.05, 3.63) is 35.6 Å². The van der Waals surface area contributed by atoms with Crippen LogP contribution in [0.1, 0.15) is 45.1 Å². The fraction of sp³-hybridized carbons (Fsp3) is 0.600. The minimum absolute atomic E-state index is 0.210. The van der Waals surface area contributed by atoms with Gasteiger partial charge in [-0.25, -0.2) is 4.39 Å². The molecule has 0 radical (unpaired) electrons. The van der Waals surface area contributed by atoms with Crippen LogP contribution in [-0.2, 0) is 6.42 Å². The van der Waals surface area contributed by atoms with Crippen molar-refractivity contribution in [1.82, 2.24) is 0 Å². The van der Waals surface area contributed by atoms with E-state index in [1.807, 2.05) is 6.07 Å². The van der Waals surface area contributed by atoms with Gasteiger partial charge in [-0.1, -0.05) is 44.9 Å². The van der Waals surface area contributed by atoms with Gasteiger partial charge in [-0.2, -0.15) is 0 Å². The maximum absolute atomic E-state index is 13.5. The third kappa shape index (κ3) is 4.47. The summed E-state index contributed by atoms with van der Waals surface area (Å²) in [6.45, 7) is 4.25. The Kier molecular flexibility index (Phi) is 6.20. The molecule has 17 heavy (non-hydrogen) atoms. The van der Waals surface area contributed by atoms with E-state index in [9.17, 15) is 9.50 Å². The molecule has 0 aliphatic rings. The van der Waals surface area contributed by atoms with Gasteiger partial charge in [-0.3, -0.25) is 0 Å². The third-order valence-electron chi connectivity index (χ3n) is 3.25. The number of aliphatic hydroxyl groups is 1. The lowest BCUT2D eigenvalue weighted by Crippen LogP contribution is -2.23. The highest BCUT2D eigenvalue weighted by Gasteiger charge is 2.19. The predicted molar refractivity (Wildman–Crippen MR) is 69.4 cm³/mol. The summed E-state index contributed by atoms with van der Waals surface area (Å²) in [4.78, 5) is 0. The van der Waals surface area contributed by atoms with E-state index < -0.39 is 6.10 Å². The SMILES string of the molecule is CCCC(CCC)C(O)Cc1ccccc1F. The normalized spacial score (nSPS) is 13.0. The molecule has 1 aromatic carbocycles. The molecule has 0 bridgehead atoms. The van der Waals surface area contributed by atoms with Crippen LogP contribution < -0.4 is 0 Å². The summed E-state index contributed by atoms with van der Waals surface area (Å²) in [6, 6.07) is 6.71. The van der Waals surface area contributed by atoms with Gasteiger partial charge >= 0.3 is 0 Å². The smallest absolute Gasteiger partial charge is 0.126 e. The van der Waals surface area contributed by atoms with Gasteiger partial charge in [-0.05, 0) is 30.4 Å². The average molecular weight is 238 g/mol. The molecule has 96 valence electrons. The molecule has 0 saturated heterocycles. The molecule has 0 aromatic heterocycles. The van der Waals surface area contributed by atoms with Gasteiger partial charge in [0.1, 0.15) is 5.82 Å². The number of aliphatic hydroxyl groups excluding tert-OH is 1. The van der Waals surface area contributed by atoms with Crippen molar-refractivity contribution in [1.29, 1.82) is 0 Å². The van der Waals surface area contributed by atoms with Crippen LogP contribution in [0.2, 0.25) is 0 Å². The van der Waals surface area contributed by atoms with Crippen molar-refractivity contribution in [2.24, 2.45) is 5.92 Å². The first-order chi connectivity index (χ1) is 8.19. The first-order valence-electron chi connectivity index (χ1n) is 6.60. The molecule has 0 aliphatic heterocycles. The topological polar surface area (TPSA) is 20.2 Å². The van der Waals surface area contributed by atoms with Crippen molar-refractivity contribution >= 4 is 0 Å². The largest absolute Gasteiger partial charge is 0.392 e. The van der Waals surface area contributed by atoms with Crippen molar-refractivity contribution in [3.8, 4) is 0 Å². The van der Waals surface area contributed by atoms with Gasteiger partial charge < -0.3 is 5.11 Å². The zero-order chi connectivity index (χ0) is 12.7. The van der Waals surface area contributed by atoms with Crippen LogP contribution in [0.25, 0.3) is 0 Å². The second-order valence-corrected chi connectivity index (χ2v) is 4.70. The summed E-state index contributed by atoms with van der Waals surface area (Å²) in [5.74, 6) is 0.0860. The zero-order valence-electron chi connectivity index (χ0n) is 10.8. The number of benzene rings is 1.